The monoisotopic (exact) mass is 1380 g/mol. The first-order valence-electron chi connectivity index (χ1n) is 36.0. The number of para-hydroxylation sites is 2. The molecule has 0 aliphatic carbocycles. The van der Waals surface area contributed by atoms with Crippen molar-refractivity contribution in [2.75, 3.05) is 9.80 Å². The maximum atomic E-state index is 7.58. The molecule has 0 amide bonds. The maximum Gasteiger partial charge on any atom is 0.266 e. The third kappa shape index (κ3) is 7.80. The molecule has 8 aromatic heterocycles. The summed E-state index contributed by atoms with van der Waals surface area (Å²) in [6.07, 6.45) is 7.26. The summed E-state index contributed by atoms with van der Waals surface area (Å²) in [7, 11) is 0. The summed E-state index contributed by atoms with van der Waals surface area (Å²) in [5.41, 5.74) is 30.7. The third-order valence-electron chi connectivity index (χ3n) is 22.9. The summed E-state index contributed by atoms with van der Waals surface area (Å²) < 4.78 is 55.8. The number of hydrogen-bond donors (Lipinski definition) is 0. The van der Waals surface area contributed by atoms with Gasteiger partial charge < -0.3 is 46.4 Å². The van der Waals surface area contributed by atoms with Crippen LogP contribution in [-0.2, 0) is 0 Å². The van der Waals surface area contributed by atoms with E-state index in [0.29, 0.717) is 23.0 Å². The summed E-state index contributed by atoms with van der Waals surface area (Å²) in [5.74, 6) is 5.66. The second-order valence-electron chi connectivity index (χ2n) is 28.7. The number of fused-ring (bicyclic) bond motifs is 12. The molecule has 6 aliphatic heterocycles. The molecule has 0 N–H and O–H groups in total. The van der Waals surface area contributed by atoms with Crippen LogP contribution in [0.4, 0.5) is 34.1 Å². The summed E-state index contributed by atoms with van der Waals surface area (Å²) in [6, 6.07) is 88.9. The van der Waals surface area contributed by atoms with Gasteiger partial charge in [0.25, 0.3) is 13.4 Å². The van der Waals surface area contributed by atoms with Crippen molar-refractivity contribution in [2.24, 2.45) is 0 Å². The number of anilines is 6. The molecule has 0 spiro atoms. The van der Waals surface area contributed by atoms with Gasteiger partial charge in [-0.15, -0.1) is 0 Å². The third-order valence-corrected chi connectivity index (χ3v) is 22.9. The number of hydrogen-bond acceptors (Lipinski definition) is 14. The standard InChI is InChI=1S/C92H46B2N6O8/c1-3-11-57(12-4-1)99-63-35-51(47-19-23-67-59(31-47)89-71(101-67)15-7-27-95-89)39-75-83(63)93-84-64(99)36-52(48-20-24-68-60(32-48)90-72(102-68)16-8-28-96-90)40-76(84)106-80-44-55(43-79(105-75)87(80)93)56-45-81-88-82(46-56)108-78-42-54(50-22-26-70-62(34-50)92-74(104-70)18-10-30-98-92)38-66-86(78)94(88)85-65(100(66)58-13-5-2-6-14-58)37-53(41-77(85)107-81)49-21-25-69-61(33-49)91-73(103-69)17-9-29-97-91/h1-46H. The van der Waals surface area contributed by atoms with E-state index in [-0.39, 0.29) is 13.4 Å². The smallest absolute Gasteiger partial charge is 0.266 e. The fourth-order valence-corrected chi connectivity index (χ4v) is 18.2. The highest BCUT2D eigenvalue weighted by Gasteiger charge is 2.51. The highest BCUT2D eigenvalue weighted by molar-refractivity contribution is 7.01. The van der Waals surface area contributed by atoms with E-state index in [4.69, 9.17) is 56.6 Å². The Hall–Kier alpha value is -14.6. The van der Waals surface area contributed by atoms with Gasteiger partial charge in [0.15, 0.2) is 22.3 Å². The first-order valence-corrected chi connectivity index (χ1v) is 36.0. The topological polar surface area (TPSA) is 148 Å². The van der Waals surface area contributed by atoms with E-state index in [9.17, 15) is 0 Å². The Morgan fingerprint density at radius 2 is 0.463 bits per heavy atom. The molecule has 20 aromatic rings. The second-order valence-corrected chi connectivity index (χ2v) is 28.7. The van der Waals surface area contributed by atoms with Crippen LogP contribution in [0.2, 0.25) is 0 Å². The van der Waals surface area contributed by atoms with Crippen LogP contribution in [0.25, 0.3) is 144 Å². The molecule has 0 radical (unpaired) electrons. The van der Waals surface area contributed by atoms with Crippen LogP contribution in [0.15, 0.2) is 297 Å². The van der Waals surface area contributed by atoms with Crippen molar-refractivity contribution in [1.82, 2.24) is 19.9 Å². The average Bonchev–Trinajstić information content (AvgIpc) is 1.09. The normalized spacial score (nSPS) is 13.6. The van der Waals surface area contributed by atoms with Crippen molar-refractivity contribution in [2.45, 2.75) is 0 Å². The number of pyridine rings is 4. The largest absolute Gasteiger partial charge is 0.458 e. The Morgan fingerprint density at radius 1 is 0.213 bits per heavy atom. The molecule has 498 valence electrons. The molecule has 0 saturated carbocycles. The lowest BCUT2D eigenvalue weighted by Gasteiger charge is -2.44. The van der Waals surface area contributed by atoms with Gasteiger partial charge in [0.2, 0.25) is 0 Å². The lowest BCUT2D eigenvalue weighted by Crippen LogP contribution is -2.61. The molecule has 108 heavy (non-hydrogen) atoms. The lowest BCUT2D eigenvalue weighted by molar-refractivity contribution is 0.463. The molecular weight excluding hydrogens is 1340 g/mol. The van der Waals surface area contributed by atoms with E-state index < -0.39 is 0 Å². The second kappa shape index (κ2) is 20.6. The van der Waals surface area contributed by atoms with Crippen LogP contribution in [0, 0.1) is 0 Å². The van der Waals surface area contributed by atoms with Crippen molar-refractivity contribution in [3.63, 3.8) is 0 Å². The van der Waals surface area contributed by atoms with E-state index >= 15 is 0 Å². The molecular formula is C92H46B2N6O8. The minimum absolute atomic E-state index is 0.301. The van der Waals surface area contributed by atoms with Crippen LogP contribution in [-0.4, -0.2) is 33.4 Å². The van der Waals surface area contributed by atoms with Gasteiger partial charge >= 0.3 is 0 Å². The van der Waals surface area contributed by atoms with Gasteiger partial charge in [0.05, 0.1) is 0 Å². The Bertz CT molecular complexity index is 6680. The molecule has 0 bridgehead atoms. The Morgan fingerprint density at radius 3 is 0.731 bits per heavy atom. The molecule has 14 nitrogen and oxygen atoms in total. The zero-order valence-corrected chi connectivity index (χ0v) is 56.7. The van der Waals surface area contributed by atoms with Gasteiger partial charge in [-0.25, -0.2) is 0 Å². The summed E-state index contributed by atoms with van der Waals surface area (Å²) in [5, 5.41) is 3.71. The highest BCUT2D eigenvalue weighted by Crippen LogP contribution is 2.54. The first kappa shape index (κ1) is 56.9. The molecule has 14 heterocycles. The van der Waals surface area contributed by atoms with Gasteiger partial charge in [0.1, 0.15) is 90.4 Å². The van der Waals surface area contributed by atoms with E-state index in [1.807, 2.05) is 97.6 Å². The fourth-order valence-electron chi connectivity index (χ4n) is 18.2. The van der Waals surface area contributed by atoms with Crippen LogP contribution in [0.3, 0.4) is 0 Å². The van der Waals surface area contributed by atoms with E-state index in [0.717, 1.165) is 234 Å². The van der Waals surface area contributed by atoms with Crippen molar-refractivity contribution in [3.8, 4) is 102 Å². The van der Waals surface area contributed by atoms with Gasteiger partial charge in [-0.05, 0) is 272 Å². The Kier molecular flexibility index (Phi) is 10.9. The van der Waals surface area contributed by atoms with Crippen LogP contribution >= 0.6 is 0 Å². The van der Waals surface area contributed by atoms with Crippen molar-refractivity contribution < 1.29 is 36.6 Å². The summed E-state index contributed by atoms with van der Waals surface area (Å²) >= 11 is 0. The lowest BCUT2D eigenvalue weighted by atomic mass is 9.33. The number of aromatic nitrogens is 4. The molecule has 16 heteroatoms. The quantitative estimate of drug-likeness (QED) is 0.139. The van der Waals surface area contributed by atoms with Gasteiger partial charge in [-0.3, -0.25) is 19.9 Å². The predicted octanol–water partition coefficient (Wildman–Crippen LogP) is 20.2. The van der Waals surface area contributed by atoms with Gasteiger partial charge in [0, 0.05) is 91.4 Å². The van der Waals surface area contributed by atoms with Gasteiger partial charge in [-0.2, -0.15) is 0 Å². The Balaban J connectivity index is 0.693. The van der Waals surface area contributed by atoms with Crippen molar-refractivity contribution in [1.29, 1.82) is 0 Å². The molecule has 6 aliphatic rings. The summed E-state index contributed by atoms with van der Waals surface area (Å²) in [6.45, 7) is -0.602. The van der Waals surface area contributed by atoms with Crippen molar-refractivity contribution >= 4 is 169 Å². The SMILES string of the molecule is c1ccc(N2c3cc(-c4ccc5oc6cccnc6c5c4)cc4c3B3c5c(cc(-c6cc7c8c(c6)Oc6cc(-c9ccc%10oc%11cccnc%11c%10c9)cc9c6B8c6c(cc(-c8ccc%10oc%11cccnc%11c%10c8)cc6N9c6ccccc6)O7)cc5Oc5cc(-c6ccc7oc8cccnc8c7c6)cc2c53)O4)cc1. The molecule has 0 fully saturated rings. The van der Waals surface area contributed by atoms with Crippen LogP contribution in [0.1, 0.15) is 0 Å². The van der Waals surface area contributed by atoms with E-state index in [1.165, 1.54) is 0 Å². The highest BCUT2D eigenvalue weighted by atomic mass is 16.5. The molecule has 0 saturated heterocycles. The number of nitrogens with zero attached hydrogens (tertiary/aromatic N) is 6. The van der Waals surface area contributed by atoms with E-state index in [2.05, 4.69) is 192 Å². The average molecular weight is 1390 g/mol. The predicted molar refractivity (Wildman–Crippen MR) is 426 cm³/mol. The molecule has 0 unspecified atom stereocenters. The summed E-state index contributed by atoms with van der Waals surface area (Å²) in [4.78, 5) is 24.0. The number of benzene rings is 12. The number of rotatable bonds is 7. The number of ether oxygens (including phenoxy) is 4. The number of furan rings is 4. The van der Waals surface area contributed by atoms with Gasteiger partial charge in [-0.1, -0.05) is 60.7 Å². The van der Waals surface area contributed by atoms with Crippen LogP contribution in [0.5, 0.6) is 46.0 Å². The zero-order chi connectivity index (χ0) is 69.9. The molecule has 26 rings (SSSR count). The molecule has 0 atom stereocenters. The minimum atomic E-state index is -0.301. The molecule has 12 aromatic carbocycles. The zero-order valence-electron chi connectivity index (χ0n) is 56.7. The van der Waals surface area contributed by atoms with E-state index in [1.54, 1.807) is 0 Å². The maximum absolute atomic E-state index is 7.58. The Labute approximate surface area is 612 Å². The first-order chi connectivity index (χ1) is 53.4. The van der Waals surface area contributed by atoms with Crippen molar-refractivity contribution in [3.05, 3.63) is 280 Å². The minimum Gasteiger partial charge on any atom is -0.458 e. The fraction of sp³-hybridized carbons (Fsp3) is 0. The van der Waals surface area contributed by atoms with Crippen LogP contribution < -0.4 is 61.5 Å².